The summed E-state index contributed by atoms with van der Waals surface area (Å²) in [4.78, 5) is 18.8. The average Bonchev–Trinajstić information content (AvgIpc) is 3.17. The molecular weight excluding hydrogens is 446 g/mol. The van der Waals surface area contributed by atoms with E-state index in [-0.39, 0.29) is 5.41 Å². The lowest BCUT2D eigenvalue weighted by Crippen LogP contribution is -2.22. The van der Waals surface area contributed by atoms with Crippen molar-refractivity contribution in [3.8, 4) is 21.9 Å². The number of thiophene rings is 1. The molecule has 2 aromatic heterocycles. The number of carboxylic acid groups (broad SMARTS) is 1. The van der Waals surface area contributed by atoms with E-state index in [1.165, 1.54) is 4.88 Å². The van der Waals surface area contributed by atoms with Gasteiger partial charge in [-0.05, 0) is 71.7 Å². The third-order valence-electron chi connectivity index (χ3n) is 6.43. The molecular formula is C27H27N3O3S. The minimum absolute atomic E-state index is 0.0986. The van der Waals surface area contributed by atoms with E-state index in [2.05, 4.69) is 24.3 Å². The van der Waals surface area contributed by atoms with Crippen LogP contribution in [0, 0.1) is 5.41 Å². The van der Waals surface area contributed by atoms with Gasteiger partial charge in [0.15, 0.2) is 5.75 Å². The number of benzene rings is 2. The Bertz CT molecular complexity index is 1390. The molecule has 34 heavy (non-hydrogen) atoms. The number of aromatic carboxylic acids is 1. The molecule has 5 rings (SSSR count). The summed E-state index contributed by atoms with van der Waals surface area (Å²) in [7, 11) is 0. The van der Waals surface area contributed by atoms with Gasteiger partial charge in [-0.2, -0.15) is 0 Å². The van der Waals surface area contributed by atoms with E-state index >= 15 is 0 Å². The number of aryl methyl sites for hydroxylation is 1. The maximum atomic E-state index is 12.4. The first kappa shape index (κ1) is 22.5. The summed E-state index contributed by atoms with van der Waals surface area (Å²) in [5.41, 5.74) is 6.78. The van der Waals surface area contributed by atoms with Crippen LogP contribution in [0.3, 0.4) is 0 Å². The zero-order valence-corrected chi connectivity index (χ0v) is 20.0. The zero-order valence-electron chi connectivity index (χ0n) is 19.2. The van der Waals surface area contributed by atoms with Crippen LogP contribution in [-0.2, 0) is 19.4 Å². The average molecular weight is 474 g/mol. The summed E-state index contributed by atoms with van der Waals surface area (Å²) in [6.45, 7) is 4.79. The highest BCUT2D eigenvalue weighted by Gasteiger charge is 2.33. The number of fused-ring (bicyclic) bond motifs is 2. The fourth-order valence-corrected chi connectivity index (χ4v) is 6.10. The second-order valence-electron chi connectivity index (χ2n) is 9.49. The van der Waals surface area contributed by atoms with E-state index in [0.717, 1.165) is 51.7 Å². The van der Waals surface area contributed by atoms with Crippen LogP contribution in [0.15, 0.2) is 54.7 Å². The molecule has 4 aromatic rings. The van der Waals surface area contributed by atoms with E-state index in [4.69, 9.17) is 10.6 Å². The highest BCUT2D eigenvalue weighted by molar-refractivity contribution is 7.16. The summed E-state index contributed by atoms with van der Waals surface area (Å²) >= 11 is 1.60. The van der Waals surface area contributed by atoms with E-state index in [1.54, 1.807) is 17.5 Å². The van der Waals surface area contributed by atoms with Crippen molar-refractivity contribution < 1.29 is 14.6 Å². The van der Waals surface area contributed by atoms with Crippen molar-refractivity contribution in [1.29, 1.82) is 0 Å². The molecule has 1 aliphatic rings. The smallest absolute Gasteiger partial charge is 0.337 e. The lowest BCUT2D eigenvalue weighted by atomic mass is 9.76. The number of hydrogen-bond acceptors (Lipinski definition) is 6. The fourth-order valence-electron chi connectivity index (χ4n) is 4.73. The number of pyridine rings is 1. The van der Waals surface area contributed by atoms with Crippen LogP contribution in [0.1, 0.15) is 46.6 Å². The van der Waals surface area contributed by atoms with Gasteiger partial charge in [0, 0.05) is 27.9 Å². The van der Waals surface area contributed by atoms with Gasteiger partial charge >= 0.3 is 5.97 Å². The molecule has 0 bridgehead atoms. The van der Waals surface area contributed by atoms with Gasteiger partial charge in [-0.1, -0.05) is 32.0 Å². The quantitative estimate of drug-likeness (QED) is 0.237. The number of para-hydroxylation sites is 1. The van der Waals surface area contributed by atoms with Gasteiger partial charge in [0.2, 0.25) is 0 Å². The van der Waals surface area contributed by atoms with E-state index < -0.39 is 5.97 Å². The molecule has 0 saturated carbocycles. The number of rotatable bonds is 6. The Morgan fingerprint density at radius 1 is 1.24 bits per heavy atom. The third kappa shape index (κ3) is 4.18. The maximum Gasteiger partial charge on any atom is 0.337 e. The Morgan fingerprint density at radius 3 is 2.85 bits per heavy atom. The largest absolute Gasteiger partial charge is 0.478 e. The van der Waals surface area contributed by atoms with Crippen molar-refractivity contribution in [3.63, 3.8) is 0 Å². The fraction of sp³-hybridized carbons (Fsp3) is 0.259. The number of nitrogens with zero attached hydrogens (tertiary/aromatic N) is 1. The highest BCUT2D eigenvalue weighted by Crippen LogP contribution is 2.46. The molecule has 1 aliphatic carbocycles. The summed E-state index contributed by atoms with van der Waals surface area (Å²) in [6, 6.07) is 15.5. The lowest BCUT2D eigenvalue weighted by Gasteiger charge is -2.29. The minimum Gasteiger partial charge on any atom is -0.478 e. The number of carboxylic acids is 1. The molecule has 0 saturated heterocycles. The monoisotopic (exact) mass is 473 g/mol. The molecule has 0 radical (unpaired) electrons. The first-order chi connectivity index (χ1) is 16.4. The Morgan fingerprint density at radius 2 is 2.06 bits per heavy atom. The number of hydrazine groups is 1. The van der Waals surface area contributed by atoms with Crippen LogP contribution in [0.4, 0.5) is 0 Å². The van der Waals surface area contributed by atoms with Gasteiger partial charge in [-0.25, -0.2) is 4.79 Å². The number of carbonyl (C=O) groups is 1. The highest BCUT2D eigenvalue weighted by atomic mass is 32.1. The Hall–Kier alpha value is -3.26. The first-order valence-corrected chi connectivity index (χ1v) is 12.1. The lowest BCUT2D eigenvalue weighted by molar-refractivity contribution is 0.0696. The molecule has 7 heteroatoms. The summed E-state index contributed by atoms with van der Waals surface area (Å²) in [5, 5.41) is 11.1. The van der Waals surface area contributed by atoms with Gasteiger partial charge in [0.1, 0.15) is 11.3 Å². The normalized spacial score (nSPS) is 14.7. The molecule has 0 fully saturated rings. The van der Waals surface area contributed by atoms with Crippen LogP contribution in [0.2, 0.25) is 0 Å². The summed E-state index contributed by atoms with van der Waals surface area (Å²) in [6.07, 6.45) is 4.49. The van der Waals surface area contributed by atoms with Gasteiger partial charge in [0.25, 0.3) is 0 Å². The van der Waals surface area contributed by atoms with Gasteiger partial charge in [-0.15, -0.1) is 11.3 Å². The first-order valence-electron chi connectivity index (χ1n) is 11.3. The third-order valence-corrected chi connectivity index (χ3v) is 7.75. The van der Waals surface area contributed by atoms with E-state index in [9.17, 15) is 9.90 Å². The molecule has 2 heterocycles. The van der Waals surface area contributed by atoms with Crippen molar-refractivity contribution in [2.75, 3.05) is 0 Å². The summed E-state index contributed by atoms with van der Waals surface area (Å²) < 4.78 is 6.21. The topological polar surface area (TPSA) is 97.5 Å². The number of aromatic nitrogens is 1. The minimum atomic E-state index is -0.876. The van der Waals surface area contributed by atoms with Crippen molar-refractivity contribution >= 4 is 28.2 Å². The number of ether oxygens (including phenoxy) is 1. The van der Waals surface area contributed by atoms with Crippen LogP contribution in [0.25, 0.3) is 21.3 Å². The van der Waals surface area contributed by atoms with Crippen LogP contribution in [-0.4, -0.2) is 16.1 Å². The maximum absolute atomic E-state index is 12.4. The van der Waals surface area contributed by atoms with Crippen LogP contribution in [0.5, 0.6) is 11.5 Å². The standard InChI is InChI=1S/C27H27N3O3S/c1-27(2)11-10-22-20(14-27)23(26(31)32)25(34-22)19-9-8-18(13-17(19)15-30-28)33-21-7-3-5-16-6-4-12-29-24(16)21/h3-9,12-13,30H,10-11,14-15,28H2,1-2H3,(H,31,32). The van der Waals surface area contributed by atoms with Crippen molar-refractivity contribution in [2.24, 2.45) is 11.3 Å². The molecule has 6 nitrogen and oxygen atoms in total. The van der Waals surface area contributed by atoms with Crippen molar-refractivity contribution in [2.45, 2.75) is 39.7 Å². The molecule has 4 N–H and O–H groups in total. The second kappa shape index (κ2) is 8.83. The molecule has 174 valence electrons. The molecule has 0 unspecified atom stereocenters. The Labute approximate surface area is 202 Å². The Kier molecular flexibility index (Phi) is 5.85. The van der Waals surface area contributed by atoms with Crippen LogP contribution < -0.4 is 16.0 Å². The molecule has 0 aliphatic heterocycles. The Balaban J connectivity index is 1.57. The molecule has 0 amide bonds. The molecule has 0 spiro atoms. The molecule has 2 aromatic carbocycles. The van der Waals surface area contributed by atoms with Gasteiger partial charge in [0.05, 0.1) is 5.56 Å². The predicted octanol–water partition coefficient (Wildman–Crippen LogP) is 5.93. The summed E-state index contributed by atoms with van der Waals surface area (Å²) in [5.74, 6) is 6.14. The predicted molar refractivity (Wildman–Crippen MR) is 135 cm³/mol. The number of nitrogens with one attached hydrogen (secondary N) is 1. The number of nitrogens with two attached hydrogens (primary N) is 1. The van der Waals surface area contributed by atoms with Crippen molar-refractivity contribution in [3.05, 3.63) is 76.3 Å². The molecule has 0 atom stereocenters. The number of hydrogen-bond donors (Lipinski definition) is 3. The second-order valence-corrected chi connectivity index (χ2v) is 10.6. The van der Waals surface area contributed by atoms with Gasteiger partial charge < -0.3 is 9.84 Å². The van der Waals surface area contributed by atoms with Crippen LogP contribution >= 0.6 is 11.3 Å². The van der Waals surface area contributed by atoms with Crippen molar-refractivity contribution in [1.82, 2.24) is 10.4 Å². The van der Waals surface area contributed by atoms with E-state index in [0.29, 0.717) is 23.6 Å². The zero-order chi connectivity index (χ0) is 23.9. The SMILES string of the molecule is CC1(C)CCc2sc(-c3ccc(Oc4cccc5cccnc45)cc3CNN)c(C(=O)O)c2C1. The van der Waals surface area contributed by atoms with E-state index in [1.807, 2.05) is 48.5 Å². The van der Waals surface area contributed by atoms with Gasteiger partial charge in [-0.3, -0.25) is 16.3 Å².